The molecule has 0 radical (unpaired) electrons. The highest BCUT2D eigenvalue weighted by molar-refractivity contribution is 7.26. The van der Waals surface area contributed by atoms with Crippen LogP contribution in [0.3, 0.4) is 0 Å². The number of hydrogen-bond donors (Lipinski definition) is 0. The van der Waals surface area contributed by atoms with Crippen molar-refractivity contribution in [3.63, 3.8) is 0 Å². The maximum atomic E-state index is 6.32. The van der Waals surface area contributed by atoms with Crippen LogP contribution in [0.25, 0.3) is 98.3 Å². The second kappa shape index (κ2) is 11.7. The average molecular weight is 657 g/mol. The van der Waals surface area contributed by atoms with Crippen LogP contribution in [-0.2, 0) is 0 Å². The minimum absolute atomic E-state index is 0.671. The Kier molecular flexibility index (Phi) is 6.68. The Labute approximate surface area is 292 Å². The average Bonchev–Trinajstić information content (AvgIpc) is 3.77. The molecule has 0 aliphatic rings. The number of aromatic nitrogens is 2. The van der Waals surface area contributed by atoms with Gasteiger partial charge in [0.05, 0.1) is 0 Å². The first-order valence-corrected chi connectivity index (χ1v) is 17.6. The van der Waals surface area contributed by atoms with Gasteiger partial charge in [-0.3, -0.25) is 0 Å². The summed E-state index contributed by atoms with van der Waals surface area (Å²) < 4.78 is 8.98. The summed E-state index contributed by atoms with van der Waals surface area (Å²) in [5, 5.41) is 3.63. The molecule has 0 aliphatic heterocycles. The van der Waals surface area contributed by atoms with E-state index in [1.807, 2.05) is 47.7 Å². The van der Waals surface area contributed by atoms with Gasteiger partial charge in [0.2, 0.25) is 0 Å². The molecule has 10 aromatic rings. The third-order valence-electron chi connectivity index (χ3n) is 9.52. The van der Waals surface area contributed by atoms with Crippen molar-refractivity contribution in [2.75, 3.05) is 0 Å². The molecular formula is C46H28N2OS. The Morgan fingerprint density at radius 1 is 0.420 bits per heavy atom. The highest BCUT2D eigenvalue weighted by Crippen LogP contribution is 2.41. The van der Waals surface area contributed by atoms with E-state index in [-0.39, 0.29) is 0 Å². The zero-order valence-corrected chi connectivity index (χ0v) is 27.7. The van der Waals surface area contributed by atoms with E-state index in [1.54, 1.807) is 0 Å². The molecule has 0 N–H and O–H groups in total. The minimum atomic E-state index is 0.671. The molecule has 0 unspecified atom stereocenters. The summed E-state index contributed by atoms with van der Waals surface area (Å²) in [4.78, 5) is 10.2. The zero-order valence-electron chi connectivity index (χ0n) is 26.9. The van der Waals surface area contributed by atoms with Crippen LogP contribution >= 0.6 is 11.3 Å². The molecule has 0 aliphatic carbocycles. The lowest BCUT2D eigenvalue weighted by Gasteiger charge is -2.10. The molecule has 3 nitrogen and oxygen atoms in total. The van der Waals surface area contributed by atoms with Gasteiger partial charge in [0.15, 0.2) is 11.4 Å². The highest BCUT2D eigenvalue weighted by Gasteiger charge is 2.18. The maximum absolute atomic E-state index is 6.32. The van der Waals surface area contributed by atoms with E-state index < -0.39 is 0 Å². The molecule has 0 atom stereocenters. The van der Waals surface area contributed by atoms with E-state index in [2.05, 4.69) is 133 Å². The summed E-state index contributed by atoms with van der Waals surface area (Å²) in [6.07, 6.45) is 0. The Bertz CT molecular complexity index is 2870. The molecule has 0 fully saturated rings. The third kappa shape index (κ3) is 4.80. The first-order valence-electron chi connectivity index (χ1n) is 16.7. The summed E-state index contributed by atoms with van der Waals surface area (Å²) >= 11 is 1.87. The molecule has 0 saturated carbocycles. The van der Waals surface area contributed by atoms with Crippen LogP contribution in [-0.4, -0.2) is 9.97 Å². The van der Waals surface area contributed by atoms with E-state index in [4.69, 9.17) is 14.4 Å². The van der Waals surface area contributed by atoms with E-state index >= 15 is 0 Å². The van der Waals surface area contributed by atoms with Gasteiger partial charge in [-0.15, -0.1) is 11.3 Å². The lowest BCUT2D eigenvalue weighted by molar-refractivity contribution is 0.667. The molecule has 4 heteroatoms. The number of rotatable bonds is 5. The number of benzene rings is 7. The molecule has 7 aromatic carbocycles. The SMILES string of the molecule is c1ccc(-c2nc(-c3cccc(-c4cccc(-c5ccc(-c6cccc7c6sc6ccccc67)cc5)c4)c3)nc3c2oc2ccccc23)cc1. The van der Waals surface area contributed by atoms with Crippen LogP contribution in [0.4, 0.5) is 0 Å². The van der Waals surface area contributed by atoms with Gasteiger partial charge in [-0.25, -0.2) is 9.97 Å². The lowest BCUT2D eigenvalue weighted by atomic mass is 9.96. The fourth-order valence-corrected chi connectivity index (χ4v) is 8.28. The first-order chi connectivity index (χ1) is 24.8. The zero-order chi connectivity index (χ0) is 33.0. The summed E-state index contributed by atoms with van der Waals surface area (Å²) in [6.45, 7) is 0. The van der Waals surface area contributed by atoms with Crippen LogP contribution in [0, 0.1) is 0 Å². The van der Waals surface area contributed by atoms with Crippen molar-refractivity contribution in [2.45, 2.75) is 0 Å². The Balaban J connectivity index is 1.02. The smallest absolute Gasteiger partial charge is 0.180 e. The van der Waals surface area contributed by atoms with Gasteiger partial charge in [0.25, 0.3) is 0 Å². The number of para-hydroxylation sites is 1. The summed E-state index contributed by atoms with van der Waals surface area (Å²) in [5.74, 6) is 0.671. The third-order valence-corrected chi connectivity index (χ3v) is 10.7. The van der Waals surface area contributed by atoms with Crippen molar-refractivity contribution in [3.8, 4) is 56.0 Å². The van der Waals surface area contributed by atoms with Gasteiger partial charge >= 0.3 is 0 Å². The molecule has 0 spiro atoms. The van der Waals surface area contributed by atoms with Crippen molar-refractivity contribution in [3.05, 3.63) is 170 Å². The molecule has 234 valence electrons. The van der Waals surface area contributed by atoms with Crippen LogP contribution in [0.2, 0.25) is 0 Å². The topological polar surface area (TPSA) is 38.9 Å². The molecule has 0 amide bonds. The number of hydrogen-bond acceptors (Lipinski definition) is 4. The van der Waals surface area contributed by atoms with Gasteiger partial charge in [0.1, 0.15) is 16.8 Å². The van der Waals surface area contributed by atoms with Crippen molar-refractivity contribution in [2.24, 2.45) is 0 Å². The first kappa shape index (κ1) is 28.6. The summed E-state index contributed by atoms with van der Waals surface area (Å²) in [5.41, 5.74) is 12.2. The Morgan fingerprint density at radius 2 is 1.02 bits per heavy atom. The summed E-state index contributed by atoms with van der Waals surface area (Å²) in [7, 11) is 0. The number of nitrogens with zero attached hydrogens (tertiary/aromatic N) is 2. The van der Waals surface area contributed by atoms with Crippen molar-refractivity contribution in [1.29, 1.82) is 0 Å². The fraction of sp³-hybridized carbons (Fsp3) is 0. The summed E-state index contributed by atoms with van der Waals surface area (Å²) in [6, 6.07) is 59.8. The monoisotopic (exact) mass is 656 g/mol. The minimum Gasteiger partial charge on any atom is -0.452 e. The van der Waals surface area contributed by atoms with Gasteiger partial charge in [-0.1, -0.05) is 140 Å². The predicted molar refractivity (Wildman–Crippen MR) is 209 cm³/mol. The van der Waals surface area contributed by atoms with Gasteiger partial charge in [-0.2, -0.15) is 0 Å². The van der Waals surface area contributed by atoms with E-state index in [1.165, 1.54) is 42.4 Å². The van der Waals surface area contributed by atoms with Crippen LogP contribution in [0.15, 0.2) is 174 Å². The van der Waals surface area contributed by atoms with Gasteiger partial charge < -0.3 is 4.42 Å². The van der Waals surface area contributed by atoms with Crippen molar-refractivity contribution < 1.29 is 4.42 Å². The molecule has 0 saturated heterocycles. The highest BCUT2D eigenvalue weighted by atomic mass is 32.1. The van der Waals surface area contributed by atoms with Crippen molar-refractivity contribution >= 4 is 53.6 Å². The van der Waals surface area contributed by atoms with E-state index in [0.717, 1.165) is 44.4 Å². The predicted octanol–water partition coefficient (Wildman–Crippen LogP) is 13.1. The Morgan fingerprint density at radius 3 is 1.84 bits per heavy atom. The molecule has 0 bridgehead atoms. The largest absolute Gasteiger partial charge is 0.452 e. The second-order valence-electron chi connectivity index (χ2n) is 12.6. The maximum Gasteiger partial charge on any atom is 0.180 e. The van der Waals surface area contributed by atoms with E-state index in [9.17, 15) is 0 Å². The molecular weight excluding hydrogens is 629 g/mol. The van der Waals surface area contributed by atoms with Crippen LogP contribution in [0.5, 0.6) is 0 Å². The van der Waals surface area contributed by atoms with Crippen LogP contribution < -0.4 is 0 Å². The molecule has 10 rings (SSSR count). The number of fused-ring (bicyclic) bond motifs is 6. The molecule has 3 aromatic heterocycles. The lowest BCUT2D eigenvalue weighted by Crippen LogP contribution is -1.94. The standard InChI is InChI=1S/C46H28N2OS/c1-2-11-31(12-3-1)42-44-43(39-18-4-6-21-40(39)49-44)48-46(47-42)35-16-9-15-34(28-35)33-14-8-13-32(27-33)29-23-25-30(26-24-29)36-19-10-20-38-37-17-5-7-22-41(37)50-45(36)38/h1-28H. The molecule has 50 heavy (non-hydrogen) atoms. The number of furan rings is 1. The van der Waals surface area contributed by atoms with Crippen LogP contribution in [0.1, 0.15) is 0 Å². The van der Waals surface area contributed by atoms with E-state index in [0.29, 0.717) is 11.4 Å². The molecule has 3 heterocycles. The van der Waals surface area contributed by atoms with Gasteiger partial charge in [0, 0.05) is 36.7 Å². The normalized spacial score (nSPS) is 11.6. The van der Waals surface area contributed by atoms with Gasteiger partial charge in [-0.05, 0) is 63.7 Å². The van der Waals surface area contributed by atoms with Crippen molar-refractivity contribution in [1.82, 2.24) is 9.97 Å². The quantitative estimate of drug-likeness (QED) is 0.185. The second-order valence-corrected chi connectivity index (χ2v) is 13.6. The Hall–Kier alpha value is -6.36. The fourth-order valence-electron chi connectivity index (χ4n) is 7.04. The number of thiophene rings is 1.